The minimum Gasteiger partial charge on any atom is -0.496 e. The number of hydrogen-bond donors (Lipinski definition) is 2. The number of nitrogens with one attached hydrogen (secondary N) is 2. The van der Waals surface area contributed by atoms with E-state index >= 15 is 0 Å². The normalized spacial score (nSPS) is 12.1. The number of ether oxygens (including phenoxy) is 1. The van der Waals surface area contributed by atoms with Gasteiger partial charge in [0, 0.05) is 11.3 Å². The molecule has 0 aromatic heterocycles. The van der Waals surface area contributed by atoms with Gasteiger partial charge in [0.25, 0.3) is 15.9 Å². The lowest BCUT2D eigenvalue weighted by Gasteiger charge is -2.19. The molecule has 1 atom stereocenters. The number of carbonyl (C=O) groups excluding carboxylic acids is 1. The fourth-order valence-corrected chi connectivity index (χ4v) is 4.39. The molecule has 3 rings (SSSR count). The number of aryl methyl sites for hydroxylation is 1. The van der Waals surface area contributed by atoms with Gasteiger partial charge in [0.1, 0.15) is 5.75 Å². The number of amides is 1. The van der Waals surface area contributed by atoms with Crippen molar-refractivity contribution in [2.45, 2.75) is 31.2 Å². The molecule has 0 aliphatic carbocycles. The van der Waals surface area contributed by atoms with E-state index in [0.29, 0.717) is 17.7 Å². The van der Waals surface area contributed by atoms with Gasteiger partial charge in [-0.15, -0.1) is 0 Å². The van der Waals surface area contributed by atoms with Crippen molar-refractivity contribution in [3.05, 3.63) is 89.5 Å². The lowest BCUT2D eigenvalue weighted by atomic mass is 10.0. The van der Waals surface area contributed by atoms with Crippen molar-refractivity contribution in [2.24, 2.45) is 0 Å². The maximum absolute atomic E-state index is 12.9. The Hall–Kier alpha value is -3.32. The lowest BCUT2D eigenvalue weighted by Crippen LogP contribution is -2.28. The van der Waals surface area contributed by atoms with Crippen LogP contribution in [0, 0.1) is 6.92 Å². The molecular formula is C24H26N2O4S. The molecule has 1 amide bonds. The van der Waals surface area contributed by atoms with Crippen molar-refractivity contribution >= 4 is 21.6 Å². The first kappa shape index (κ1) is 22.4. The molecule has 31 heavy (non-hydrogen) atoms. The summed E-state index contributed by atoms with van der Waals surface area (Å²) in [5.74, 6) is 0.518. The molecular weight excluding hydrogens is 412 g/mol. The molecule has 0 radical (unpaired) electrons. The van der Waals surface area contributed by atoms with E-state index in [1.807, 2.05) is 32.0 Å². The number of carbonyl (C=O) groups is 1. The summed E-state index contributed by atoms with van der Waals surface area (Å²) in [6.07, 6.45) is 0.706. The SMILES string of the molecule is CC[C@H](NC(=O)c1cccc(NS(=O)(=O)c2ccccc2)c1)c1ccc(OC)c(C)c1. The zero-order valence-corrected chi connectivity index (χ0v) is 18.6. The van der Waals surface area contributed by atoms with Crippen LogP contribution in [0.3, 0.4) is 0 Å². The third kappa shape index (κ3) is 5.44. The Morgan fingerprint density at radius 3 is 2.39 bits per heavy atom. The fourth-order valence-electron chi connectivity index (χ4n) is 3.32. The van der Waals surface area contributed by atoms with Crippen LogP contribution >= 0.6 is 0 Å². The minimum atomic E-state index is -3.73. The summed E-state index contributed by atoms with van der Waals surface area (Å²) in [5, 5.41) is 3.03. The summed E-state index contributed by atoms with van der Waals surface area (Å²) < 4.78 is 32.9. The lowest BCUT2D eigenvalue weighted by molar-refractivity contribution is 0.0935. The van der Waals surface area contributed by atoms with Gasteiger partial charge in [-0.25, -0.2) is 8.42 Å². The number of benzene rings is 3. The molecule has 0 unspecified atom stereocenters. The first-order valence-electron chi connectivity index (χ1n) is 9.97. The van der Waals surface area contributed by atoms with E-state index in [1.54, 1.807) is 43.5 Å². The Labute approximate surface area is 183 Å². The maximum atomic E-state index is 12.9. The van der Waals surface area contributed by atoms with E-state index < -0.39 is 10.0 Å². The van der Waals surface area contributed by atoms with Gasteiger partial charge in [-0.1, -0.05) is 43.3 Å². The first-order valence-corrected chi connectivity index (χ1v) is 11.5. The third-order valence-corrected chi connectivity index (χ3v) is 6.36. The van der Waals surface area contributed by atoms with Gasteiger partial charge in [0.2, 0.25) is 0 Å². The average molecular weight is 439 g/mol. The van der Waals surface area contributed by atoms with Gasteiger partial charge < -0.3 is 10.1 Å². The highest BCUT2D eigenvalue weighted by molar-refractivity contribution is 7.92. The summed E-state index contributed by atoms with van der Waals surface area (Å²) >= 11 is 0. The highest BCUT2D eigenvalue weighted by Gasteiger charge is 2.17. The van der Waals surface area contributed by atoms with E-state index in [0.717, 1.165) is 16.9 Å². The van der Waals surface area contributed by atoms with Crippen molar-refractivity contribution in [2.75, 3.05) is 11.8 Å². The molecule has 0 aliphatic rings. The van der Waals surface area contributed by atoms with E-state index in [1.165, 1.54) is 18.2 Å². The molecule has 0 bridgehead atoms. The van der Waals surface area contributed by atoms with Gasteiger partial charge in [-0.05, 0) is 60.9 Å². The van der Waals surface area contributed by atoms with Crippen LogP contribution in [0.5, 0.6) is 5.75 Å². The van der Waals surface area contributed by atoms with Crippen molar-refractivity contribution in [3.8, 4) is 5.75 Å². The smallest absolute Gasteiger partial charge is 0.261 e. The highest BCUT2D eigenvalue weighted by Crippen LogP contribution is 2.25. The Morgan fingerprint density at radius 2 is 1.74 bits per heavy atom. The zero-order chi connectivity index (χ0) is 22.4. The number of anilines is 1. The maximum Gasteiger partial charge on any atom is 0.261 e. The monoisotopic (exact) mass is 438 g/mol. The predicted molar refractivity (Wildman–Crippen MR) is 122 cm³/mol. The number of sulfonamides is 1. The van der Waals surface area contributed by atoms with Gasteiger partial charge in [-0.2, -0.15) is 0 Å². The van der Waals surface area contributed by atoms with Crippen LogP contribution < -0.4 is 14.8 Å². The molecule has 3 aromatic carbocycles. The summed E-state index contributed by atoms with van der Waals surface area (Å²) in [5.41, 5.74) is 2.67. The first-order chi connectivity index (χ1) is 14.8. The van der Waals surface area contributed by atoms with Gasteiger partial charge in [-0.3, -0.25) is 9.52 Å². The second-order valence-corrected chi connectivity index (χ2v) is 8.85. The summed E-state index contributed by atoms with van der Waals surface area (Å²) in [7, 11) is -2.11. The molecule has 3 aromatic rings. The Morgan fingerprint density at radius 1 is 1.00 bits per heavy atom. The summed E-state index contributed by atoms with van der Waals surface area (Å²) in [6.45, 7) is 3.95. The standard InChI is InChI=1S/C24H26N2O4S/c1-4-22(18-13-14-23(30-3)17(2)15-18)25-24(27)19-9-8-10-20(16-19)26-31(28,29)21-11-6-5-7-12-21/h5-16,22,26H,4H2,1-3H3,(H,25,27)/t22-/m0/s1. The molecule has 0 spiro atoms. The van der Waals surface area contributed by atoms with Gasteiger partial charge >= 0.3 is 0 Å². The number of methoxy groups -OCH3 is 1. The molecule has 0 fully saturated rings. The molecule has 7 heteroatoms. The molecule has 162 valence electrons. The van der Waals surface area contributed by atoms with E-state index in [4.69, 9.17) is 4.74 Å². The van der Waals surface area contributed by atoms with Gasteiger partial charge in [0.05, 0.1) is 18.0 Å². The summed E-state index contributed by atoms with van der Waals surface area (Å²) in [4.78, 5) is 13.0. The van der Waals surface area contributed by atoms with Crippen LogP contribution in [0.25, 0.3) is 0 Å². The van der Waals surface area contributed by atoms with Crippen molar-refractivity contribution in [3.63, 3.8) is 0 Å². The topological polar surface area (TPSA) is 84.5 Å². The molecule has 0 heterocycles. The molecule has 2 N–H and O–H groups in total. The van der Waals surface area contributed by atoms with Crippen LogP contribution in [-0.4, -0.2) is 21.4 Å². The Balaban J connectivity index is 1.77. The predicted octanol–water partition coefficient (Wildman–Crippen LogP) is 4.69. The van der Waals surface area contributed by atoms with Crippen LogP contribution in [0.15, 0.2) is 77.7 Å². The second kappa shape index (κ2) is 9.66. The van der Waals surface area contributed by atoms with Crippen LogP contribution in [-0.2, 0) is 10.0 Å². The van der Waals surface area contributed by atoms with Crippen molar-refractivity contribution in [1.82, 2.24) is 5.32 Å². The van der Waals surface area contributed by atoms with Crippen LogP contribution in [0.4, 0.5) is 5.69 Å². The van der Waals surface area contributed by atoms with Crippen molar-refractivity contribution < 1.29 is 17.9 Å². The third-order valence-electron chi connectivity index (χ3n) is 4.97. The summed E-state index contributed by atoms with van der Waals surface area (Å²) in [6, 6.07) is 20.2. The molecule has 0 saturated carbocycles. The van der Waals surface area contributed by atoms with Crippen molar-refractivity contribution in [1.29, 1.82) is 0 Å². The number of hydrogen-bond acceptors (Lipinski definition) is 4. The van der Waals surface area contributed by atoms with E-state index in [-0.39, 0.29) is 16.8 Å². The molecule has 0 saturated heterocycles. The Bertz CT molecular complexity index is 1160. The minimum absolute atomic E-state index is 0.158. The number of rotatable bonds is 8. The van der Waals surface area contributed by atoms with Gasteiger partial charge in [0.15, 0.2) is 0 Å². The van der Waals surface area contributed by atoms with Crippen LogP contribution in [0.2, 0.25) is 0 Å². The van der Waals surface area contributed by atoms with E-state index in [2.05, 4.69) is 10.0 Å². The zero-order valence-electron chi connectivity index (χ0n) is 17.8. The van der Waals surface area contributed by atoms with E-state index in [9.17, 15) is 13.2 Å². The second-order valence-electron chi connectivity index (χ2n) is 7.16. The van der Waals surface area contributed by atoms with Crippen LogP contribution in [0.1, 0.15) is 40.9 Å². The highest BCUT2D eigenvalue weighted by atomic mass is 32.2. The molecule has 0 aliphatic heterocycles. The largest absolute Gasteiger partial charge is 0.496 e. The Kier molecular flexibility index (Phi) is 6.97. The quantitative estimate of drug-likeness (QED) is 0.535. The fraction of sp³-hybridized carbons (Fsp3) is 0.208. The average Bonchev–Trinajstić information content (AvgIpc) is 2.77. The molecule has 6 nitrogen and oxygen atoms in total.